The van der Waals surface area contributed by atoms with Crippen molar-refractivity contribution in [2.45, 2.75) is 80.4 Å². The standard InChI is InChI=1S/C42H42N4O13/c43-32-11-8-24(46-32)12-15-55-27-9-6-22(7-10-27)29-17-28(48)33-30(56-29)18-31(36(34(33)49)59-41(13-1-2-14-41)23-4-3-5-26(47)16-23)57-40-35(50)37(51)42(54,38(58-40)39(52)53)19-25-20-44-21-45-25/h3-11,16-18,21,29,35,37-38,40,43,47-51,54H,1-2,12-15,19-20H2,(H,52,53). The highest BCUT2D eigenvalue weighted by Gasteiger charge is 2.59. The third kappa shape index (κ3) is 7.72. The first-order valence-electron chi connectivity index (χ1n) is 19.0. The number of nitrogens with zero attached hydrogens (tertiary/aromatic N) is 3. The number of rotatable bonds is 13. The molecule has 8 N–H and O–H groups in total. The van der Waals surface area contributed by atoms with E-state index < -0.39 is 60.0 Å². The van der Waals surface area contributed by atoms with Crippen LogP contribution in [0, 0.1) is 5.41 Å². The van der Waals surface area contributed by atoms with Gasteiger partial charge in [0.1, 0.15) is 70.3 Å². The summed E-state index contributed by atoms with van der Waals surface area (Å²) in [5.74, 6) is -2.64. The van der Waals surface area contributed by atoms with Gasteiger partial charge in [0, 0.05) is 36.4 Å². The predicted octanol–water partition coefficient (Wildman–Crippen LogP) is 4.25. The lowest BCUT2D eigenvalue weighted by molar-refractivity contribution is -0.303. The van der Waals surface area contributed by atoms with Crippen LogP contribution in [0.2, 0.25) is 0 Å². The Morgan fingerprint density at radius 3 is 2.47 bits per heavy atom. The van der Waals surface area contributed by atoms with Crippen LogP contribution in [0.5, 0.6) is 34.5 Å². The Labute approximate surface area is 337 Å². The second-order valence-electron chi connectivity index (χ2n) is 15.0. The number of fused-ring (bicyclic) bond motifs is 1. The van der Waals surface area contributed by atoms with Crippen molar-refractivity contribution < 1.29 is 64.2 Å². The minimum Gasteiger partial charge on any atom is -0.508 e. The first-order valence-corrected chi connectivity index (χ1v) is 19.0. The summed E-state index contributed by atoms with van der Waals surface area (Å²) in [5, 5.41) is 85.8. The fourth-order valence-corrected chi connectivity index (χ4v) is 8.01. The predicted molar refractivity (Wildman–Crippen MR) is 211 cm³/mol. The zero-order valence-corrected chi connectivity index (χ0v) is 31.5. The van der Waals surface area contributed by atoms with Crippen molar-refractivity contribution in [3.05, 3.63) is 89.5 Å². The van der Waals surface area contributed by atoms with Crippen LogP contribution < -0.4 is 18.9 Å². The minimum absolute atomic E-state index is 0.0169. The van der Waals surface area contributed by atoms with Crippen LogP contribution >= 0.6 is 0 Å². The number of phenolic OH excluding ortho intramolecular Hbond substituents is 2. The number of ether oxygens (including phenoxy) is 5. The number of aliphatic imine (C=N–C) groups is 3. The van der Waals surface area contributed by atoms with Gasteiger partial charge >= 0.3 is 5.97 Å². The quantitative estimate of drug-likeness (QED) is 0.120. The third-order valence-corrected chi connectivity index (χ3v) is 11.0. The minimum atomic E-state index is -2.54. The maximum Gasteiger partial charge on any atom is 0.336 e. The summed E-state index contributed by atoms with van der Waals surface area (Å²) in [7, 11) is 0. The van der Waals surface area contributed by atoms with E-state index in [1.54, 1.807) is 54.6 Å². The second-order valence-corrected chi connectivity index (χ2v) is 15.0. The Morgan fingerprint density at radius 1 is 1.02 bits per heavy atom. The molecule has 8 rings (SSSR count). The number of allylic oxidation sites excluding steroid dienone is 1. The van der Waals surface area contributed by atoms with Gasteiger partial charge in [0.05, 0.1) is 13.2 Å². The van der Waals surface area contributed by atoms with Crippen molar-refractivity contribution >= 4 is 35.3 Å². The van der Waals surface area contributed by atoms with Crippen LogP contribution in [-0.4, -0.2) is 109 Å². The van der Waals surface area contributed by atoms with Gasteiger partial charge < -0.3 is 59.4 Å². The fourth-order valence-electron chi connectivity index (χ4n) is 8.01. The number of carboxylic acid groups (broad SMARTS) is 1. The van der Waals surface area contributed by atoms with E-state index in [-0.39, 0.29) is 52.4 Å². The van der Waals surface area contributed by atoms with Crippen molar-refractivity contribution in [3.63, 3.8) is 0 Å². The van der Waals surface area contributed by atoms with Crippen molar-refractivity contribution in [1.82, 2.24) is 0 Å². The molecule has 308 valence electrons. The molecule has 2 fully saturated rings. The number of carboxylic acids is 1. The lowest BCUT2D eigenvalue weighted by atomic mass is 9.80. The number of aliphatic carboxylic acids is 1. The summed E-state index contributed by atoms with van der Waals surface area (Å²) in [6.45, 7) is 0.381. The molecule has 17 heteroatoms. The van der Waals surface area contributed by atoms with E-state index in [1.165, 1.54) is 24.5 Å². The van der Waals surface area contributed by atoms with Gasteiger partial charge in [-0.25, -0.2) is 14.8 Å². The summed E-state index contributed by atoms with van der Waals surface area (Å²) in [6, 6.07) is 14.7. The molecule has 3 aromatic carbocycles. The number of aromatic hydroxyl groups is 2. The van der Waals surface area contributed by atoms with Gasteiger partial charge in [0.15, 0.2) is 17.6 Å². The van der Waals surface area contributed by atoms with Gasteiger partial charge in [-0.05, 0) is 73.2 Å². The van der Waals surface area contributed by atoms with Gasteiger partial charge in [-0.15, -0.1) is 0 Å². The van der Waals surface area contributed by atoms with Gasteiger partial charge in [0.25, 0.3) is 0 Å². The zero-order chi connectivity index (χ0) is 41.5. The molecule has 17 nitrogen and oxygen atoms in total. The van der Waals surface area contributed by atoms with Gasteiger partial charge in [0.2, 0.25) is 12.0 Å². The van der Waals surface area contributed by atoms with E-state index in [4.69, 9.17) is 29.1 Å². The lowest BCUT2D eigenvalue weighted by Crippen LogP contribution is -2.69. The van der Waals surface area contributed by atoms with Crippen LogP contribution in [-0.2, 0) is 15.1 Å². The van der Waals surface area contributed by atoms with Crippen LogP contribution in [0.3, 0.4) is 0 Å². The highest BCUT2D eigenvalue weighted by molar-refractivity contribution is 6.14. The molecule has 1 saturated carbocycles. The molecular formula is C42H42N4O13. The fraction of sp³-hybridized carbons (Fsp3) is 0.357. The molecule has 59 heavy (non-hydrogen) atoms. The Kier molecular flexibility index (Phi) is 10.6. The molecule has 1 saturated heterocycles. The number of aliphatic hydroxyl groups excluding tert-OH is 3. The van der Waals surface area contributed by atoms with E-state index in [0.717, 1.165) is 18.6 Å². The SMILES string of the molecule is N=C1C=CC(CCOc2ccc(C3C=C(O)c4c(cc(OC5OC(C(=O)O)C(O)(CC6=NC=NC6)C(O)C5O)c(OC5(c6cccc(O)c6)CCCC5)c4O)O3)cc2)=N1. The van der Waals surface area contributed by atoms with E-state index in [2.05, 4.69) is 15.0 Å². The Morgan fingerprint density at radius 2 is 1.80 bits per heavy atom. The van der Waals surface area contributed by atoms with Gasteiger partial charge in [-0.3, -0.25) is 10.4 Å². The number of amidine groups is 1. The molecule has 4 heterocycles. The number of phenols is 2. The van der Waals surface area contributed by atoms with Crippen LogP contribution in [0.15, 0.2) is 87.8 Å². The highest BCUT2D eigenvalue weighted by atomic mass is 16.7. The Bertz CT molecular complexity index is 2300. The maximum absolute atomic E-state index is 12.5. The molecule has 6 unspecified atom stereocenters. The molecule has 5 aliphatic rings. The van der Waals surface area contributed by atoms with E-state index >= 15 is 0 Å². The van der Waals surface area contributed by atoms with Crippen molar-refractivity contribution in [1.29, 1.82) is 5.41 Å². The first kappa shape index (κ1) is 39.6. The molecule has 1 aliphatic carbocycles. The molecule has 0 amide bonds. The molecule has 3 aromatic rings. The number of nitrogens with one attached hydrogen (secondary N) is 1. The van der Waals surface area contributed by atoms with E-state index in [9.17, 15) is 40.5 Å². The number of aliphatic hydroxyl groups is 4. The summed E-state index contributed by atoms with van der Waals surface area (Å²) >= 11 is 0. The van der Waals surface area contributed by atoms with E-state index in [1.807, 2.05) is 0 Å². The first-order chi connectivity index (χ1) is 28.3. The smallest absolute Gasteiger partial charge is 0.336 e. The number of benzene rings is 3. The Balaban J connectivity index is 1.12. The summed E-state index contributed by atoms with van der Waals surface area (Å²) in [6.07, 6.45) is -0.760. The second kappa shape index (κ2) is 15.8. The Hall–Kier alpha value is -6.27. The maximum atomic E-state index is 12.5. The molecule has 0 spiro atoms. The molecule has 4 aliphatic heterocycles. The monoisotopic (exact) mass is 810 g/mol. The molecule has 6 atom stereocenters. The lowest BCUT2D eigenvalue weighted by Gasteiger charge is -2.46. The van der Waals surface area contributed by atoms with Crippen molar-refractivity contribution in [2.75, 3.05) is 13.2 Å². The molecule has 0 bridgehead atoms. The third-order valence-electron chi connectivity index (χ3n) is 11.0. The normalized spacial score (nSPS) is 26.7. The summed E-state index contributed by atoms with van der Waals surface area (Å²) in [4.78, 5) is 24.6. The summed E-state index contributed by atoms with van der Waals surface area (Å²) in [5.41, 5.74) is -1.62. The highest BCUT2D eigenvalue weighted by Crippen LogP contribution is 2.55. The number of hydrogen-bond donors (Lipinski definition) is 8. The van der Waals surface area contributed by atoms with Crippen molar-refractivity contribution in [3.8, 4) is 34.5 Å². The van der Waals surface area contributed by atoms with Crippen LogP contribution in [0.25, 0.3) is 5.76 Å². The average Bonchev–Trinajstić information content (AvgIpc) is 4.00. The van der Waals surface area contributed by atoms with Gasteiger partial charge in [-0.1, -0.05) is 24.3 Å². The molecule has 0 aromatic heterocycles. The van der Waals surface area contributed by atoms with Crippen LogP contribution in [0.1, 0.15) is 61.3 Å². The van der Waals surface area contributed by atoms with Crippen LogP contribution in [0.4, 0.5) is 0 Å². The topological polar surface area (TPSA) is 266 Å². The van der Waals surface area contributed by atoms with E-state index in [0.29, 0.717) is 42.7 Å². The number of hydrogen-bond acceptors (Lipinski definition) is 15. The van der Waals surface area contributed by atoms with Crippen molar-refractivity contribution in [2.24, 2.45) is 15.0 Å². The number of carbonyl (C=O) groups is 1. The average molecular weight is 811 g/mol. The zero-order valence-electron chi connectivity index (χ0n) is 31.5. The molecule has 0 radical (unpaired) electrons. The van der Waals surface area contributed by atoms with Gasteiger partial charge in [-0.2, -0.15) is 0 Å². The largest absolute Gasteiger partial charge is 0.508 e. The summed E-state index contributed by atoms with van der Waals surface area (Å²) < 4.78 is 30.6. The molecular weight excluding hydrogens is 768 g/mol.